The molecule has 0 unspecified atom stereocenters. The maximum atomic E-state index is 11.5. The third kappa shape index (κ3) is 2.93. The molecule has 0 N–H and O–H groups in total. The summed E-state index contributed by atoms with van der Waals surface area (Å²) in [6.07, 6.45) is 0. The van der Waals surface area contributed by atoms with Gasteiger partial charge in [0.25, 0.3) is 11.8 Å². The Hall–Kier alpha value is -1.64. The minimum atomic E-state index is -0.178. The number of hydrogen-bond acceptors (Lipinski definition) is 2. The van der Waals surface area contributed by atoms with Crippen LogP contribution in [0.3, 0.4) is 0 Å². The standard InChI is InChI=1S/C10H9NO2.2C2H6/c1-2-11-9(12)7-5-3-4-6-8(7)10(11)13;2*1-2/h3-6H,2H2,1H3;2*1-2H3. The molecule has 0 atom stereocenters. The van der Waals surface area contributed by atoms with E-state index in [1.54, 1.807) is 31.2 Å². The first-order valence-electron chi connectivity index (χ1n) is 6.21. The van der Waals surface area contributed by atoms with Gasteiger partial charge in [0, 0.05) is 6.54 Å². The van der Waals surface area contributed by atoms with Gasteiger partial charge in [-0.2, -0.15) is 0 Å². The van der Waals surface area contributed by atoms with Gasteiger partial charge in [0.1, 0.15) is 0 Å². The first-order chi connectivity index (χ1) is 8.25. The number of fused-ring (bicyclic) bond motifs is 1. The molecule has 1 aromatic rings. The van der Waals surface area contributed by atoms with Crippen molar-refractivity contribution in [1.29, 1.82) is 0 Å². The molecule has 3 nitrogen and oxygen atoms in total. The van der Waals surface area contributed by atoms with E-state index in [0.29, 0.717) is 17.7 Å². The van der Waals surface area contributed by atoms with Gasteiger partial charge in [-0.1, -0.05) is 39.8 Å². The monoisotopic (exact) mass is 235 g/mol. The van der Waals surface area contributed by atoms with E-state index in [2.05, 4.69) is 0 Å². The van der Waals surface area contributed by atoms with Crippen molar-refractivity contribution in [3.63, 3.8) is 0 Å². The Balaban J connectivity index is 0.000000581. The minimum Gasteiger partial charge on any atom is -0.275 e. The van der Waals surface area contributed by atoms with Crippen molar-refractivity contribution in [2.75, 3.05) is 6.54 Å². The zero-order valence-corrected chi connectivity index (χ0v) is 11.3. The maximum Gasteiger partial charge on any atom is 0.261 e. The third-order valence-electron chi connectivity index (χ3n) is 2.19. The summed E-state index contributed by atoms with van der Waals surface area (Å²) < 4.78 is 0. The molecule has 0 saturated heterocycles. The van der Waals surface area contributed by atoms with E-state index in [9.17, 15) is 9.59 Å². The molecule has 0 radical (unpaired) electrons. The van der Waals surface area contributed by atoms with Gasteiger partial charge in [-0.25, -0.2) is 0 Å². The van der Waals surface area contributed by atoms with Crippen molar-refractivity contribution in [3.05, 3.63) is 35.4 Å². The largest absolute Gasteiger partial charge is 0.275 e. The van der Waals surface area contributed by atoms with Crippen LogP contribution >= 0.6 is 0 Å². The first-order valence-corrected chi connectivity index (χ1v) is 6.21. The summed E-state index contributed by atoms with van der Waals surface area (Å²) in [5, 5.41) is 0. The topological polar surface area (TPSA) is 37.4 Å². The minimum absolute atomic E-state index is 0.178. The molecule has 0 saturated carbocycles. The van der Waals surface area contributed by atoms with Crippen LogP contribution in [0.2, 0.25) is 0 Å². The van der Waals surface area contributed by atoms with Crippen LogP contribution in [0.5, 0.6) is 0 Å². The van der Waals surface area contributed by atoms with Crippen LogP contribution in [-0.2, 0) is 0 Å². The lowest BCUT2D eigenvalue weighted by molar-refractivity contribution is 0.0663. The molecular weight excluding hydrogens is 214 g/mol. The number of hydrogen-bond donors (Lipinski definition) is 0. The molecule has 1 aliphatic rings. The van der Waals surface area contributed by atoms with E-state index in [0.717, 1.165) is 0 Å². The summed E-state index contributed by atoms with van der Waals surface area (Å²) in [6.45, 7) is 10.2. The number of rotatable bonds is 1. The summed E-state index contributed by atoms with van der Waals surface area (Å²) in [4.78, 5) is 24.3. The molecule has 0 aliphatic carbocycles. The Morgan fingerprint density at radius 1 is 0.882 bits per heavy atom. The van der Waals surface area contributed by atoms with Gasteiger partial charge in [-0.3, -0.25) is 14.5 Å². The van der Waals surface area contributed by atoms with Gasteiger partial charge in [-0.05, 0) is 19.1 Å². The summed E-state index contributed by atoms with van der Waals surface area (Å²) in [6, 6.07) is 6.91. The summed E-state index contributed by atoms with van der Waals surface area (Å²) >= 11 is 0. The van der Waals surface area contributed by atoms with E-state index in [-0.39, 0.29) is 11.8 Å². The Morgan fingerprint density at radius 2 is 1.24 bits per heavy atom. The average Bonchev–Trinajstić information content (AvgIpc) is 2.67. The Kier molecular flexibility index (Phi) is 6.87. The summed E-state index contributed by atoms with van der Waals surface area (Å²) in [7, 11) is 0. The second kappa shape index (κ2) is 7.60. The zero-order valence-electron chi connectivity index (χ0n) is 11.3. The number of benzene rings is 1. The van der Waals surface area contributed by atoms with Gasteiger partial charge in [0.05, 0.1) is 11.1 Å². The molecule has 1 heterocycles. The molecule has 0 aromatic heterocycles. The molecule has 3 heteroatoms. The number of imide groups is 1. The van der Waals surface area contributed by atoms with Crippen LogP contribution < -0.4 is 0 Å². The zero-order chi connectivity index (χ0) is 13.4. The van der Waals surface area contributed by atoms with Crippen LogP contribution in [0, 0.1) is 0 Å². The lowest BCUT2D eigenvalue weighted by atomic mass is 10.1. The highest BCUT2D eigenvalue weighted by Crippen LogP contribution is 2.21. The van der Waals surface area contributed by atoms with E-state index in [1.807, 2.05) is 27.7 Å². The fraction of sp³-hybridized carbons (Fsp3) is 0.429. The highest BCUT2D eigenvalue weighted by Gasteiger charge is 2.33. The normalized spacial score (nSPS) is 12.2. The summed E-state index contributed by atoms with van der Waals surface area (Å²) in [5.41, 5.74) is 1.05. The molecule has 0 fully saturated rings. The Morgan fingerprint density at radius 3 is 1.53 bits per heavy atom. The third-order valence-corrected chi connectivity index (χ3v) is 2.19. The molecular formula is C14H21NO2. The van der Waals surface area contributed by atoms with E-state index in [1.165, 1.54) is 4.90 Å². The SMILES string of the molecule is CC.CC.CCN1C(=O)c2ccccc2C1=O. The molecule has 2 rings (SSSR count). The molecule has 17 heavy (non-hydrogen) atoms. The lowest BCUT2D eigenvalue weighted by Crippen LogP contribution is -2.29. The molecule has 94 valence electrons. The highest BCUT2D eigenvalue weighted by atomic mass is 16.2. The second-order valence-corrected chi connectivity index (χ2v) is 2.90. The van der Waals surface area contributed by atoms with Gasteiger partial charge in [0.15, 0.2) is 0 Å². The van der Waals surface area contributed by atoms with Gasteiger partial charge < -0.3 is 0 Å². The van der Waals surface area contributed by atoms with Crippen LogP contribution in [0.25, 0.3) is 0 Å². The number of amides is 2. The van der Waals surface area contributed by atoms with Crippen molar-refractivity contribution >= 4 is 11.8 Å². The quantitative estimate of drug-likeness (QED) is 0.700. The predicted octanol–water partition coefficient (Wildman–Crippen LogP) is 3.35. The van der Waals surface area contributed by atoms with Crippen molar-refractivity contribution in [2.45, 2.75) is 34.6 Å². The van der Waals surface area contributed by atoms with E-state index < -0.39 is 0 Å². The fourth-order valence-electron chi connectivity index (χ4n) is 1.53. The van der Waals surface area contributed by atoms with Crippen molar-refractivity contribution in [1.82, 2.24) is 4.90 Å². The van der Waals surface area contributed by atoms with Crippen molar-refractivity contribution in [2.24, 2.45) is 0 Å². The molecule has 1 aliphatic heterocycles. The van der Waals surface area contributed by atoms with E-state index >= 15 is 0 Å². The van der Waals surface area contributed by atoms with Crippen LogP contribution in [-0.4, -0.2) is 23.3 Å². The predicted molar refractivity (Wildman–Crippen MR) is 70.2 cm³/mol. The average molecular weight is 235 g/mol. The maximum absolute atomic E-state index is 11.5. The van der Waals surface area contributed by atoms with Gasteiger partial charge in [-0.15, -0.1) is 0 Å². The van der Waals surface area contributed by atoms with Crippen LogP contribution in [0.4, 0.5) is 0 Å². The van der Waals surface area contributed by atoms with Crippen molar-refractivity contribution in [3.8, 4) is 0 Å². The fourth-order valence-corrected chi connectivity index (χ4v) is 1.53. The van der Waals surface area contributed by atoms with Gasteiger partial charge in [0.2, 0.25) is 0 Å². The smallest absolute Gasteiger partial charge is 0.261 e. The molecule has 1 aromatic carbocycles. The number of carbonyl (C=O) groups is 2. The van der Waals surface area contributed by atoms with E-state index in [4.69, 9.17) is 0 Å². The molecule has 0 spiro atoms. The Bertz CT molecular complexity index is 351. The Labute approximate surface area is 103 Å². The number of nitrogens with zero attached hydrogens (tertiary/aromatic N) is 1. The molecule has 2 amide bonds. The first kappa shape index (κ1) is 15.4. The number of carbonyl (C=O) groups excluding carboxylic acids is 2. The second-order valence-electron chi connectivity index (χ2n) is 2.90. The van der Waals surface area contributed by atoms with Gasteiger partial charge >= 0.3 is 0 Å². The van der Waals surface area contributed by atoms with Crippen LogP contribution in [0.1, 0.15) is 55.3 Å². The van der Waals surface area contributed by atoms with Crippen LogP contribution in [0.15, 0.2) is 24.3 Å². The highest BCUT2D eigenvalue weighted by molar-refractivity contribution is 6.21. The molecule has 0 bridgehead atoms. The summed E-state index contributed by atoms with van der Waals surface area (Å²) in [5.74, 6) is -0.355. The van der Waals surface area contributed by atoms with Crippen molar-refractivity contribution < 1.29 is 9.59 Å². The lowest BCUT2D eigenvalue weighted by Gasteiger charge is -2.08.